The Labute approximate surface area is 119 Å². The molecule has 0 bridgehead atoms. The van der Waals surface area contributed by atoms with Crippen molar-refractivity contribution in [3.63, 3.8) is 0 Å². The number of pyridine rings is 1. The SMILES string of the molecule is Cc1cc(C)c(Oc2cc(C)nc(Cl)c2C)c(C)c1. The summed E-state index contributed by atoms with van der Waals surface area (Å²) < 4.78 is 6.06. The Kier molecular flexibility index (Phi) is 3.81. The van der Waals surface area contributed by atoms with Gasteiger partial charge in [-0.05, 0) is 45.7 Å². The first kappa shape index (κ1) is 13.9. The number of hydrogen-bond donors (Lipinski definition) is 0. The van der Waals surface area contributed by atoms with Gasteiger partial charge in [0.05, 0.1) is 0 Å². The number of ether oxygens (including phenoxy) is 1. The summed E-state index contributed by atoms with van der Waals surface area (Å²) in [5.41, 5.74) is 5.22. The van der Waals surface area contributed by atoms with E-state index in [0.717, 1.165) is 33.9 Å². The number of nitrogens with zero attached hydrogens (tertiary/aromatic N) is 1. The van der Waals surface area contributed by atoms with E-state index in [2.05, 4.69) is 37.9 Å². The molecule has 0 aliphatic rings. The van der Waals surface area contributed by atoms with Gasteiger partial charge in [-0.25, -0.2) is 4.98 Å². The van der Waals surface area contributed by atoms with Crippen molar-refractivity contribution in [1.82, 2.24) is 4.98 Å². The highest BCUT2D eigenvalue weighted by molar-refractivity contribution is 6.30. The Hall–Kier alpha value is -1.54. The van der Waals surface area contributed by atoms with Gasteiger partial charge in [-0.15, -0.1) is 0 Å². The average Bonchev–Trinajstić information content (AvgIpc) is 2.29. The summed E-state index contributed by atoms with van der Waals surface area (Å²) in [7, 11) is 0. The standard InChI is InChI=1S/C16H18ClNO/c1-9-6-10(2)15(11(3)7-9)19-14-8-12(4)18-16(17)13(14)5/h6-8H,1-5H3. The molecule has 0 aliphatic heterocycles. The molecule has 1 aromatic carbocycles. The number of benzene rings is 1. The summed E-state index contributed by atoms with van der Waals surface area (Å²) in [6.45, 7) is 10.0. The molecule has 3 heteroatoms. The fourth-order valence-corrected chi connectivity index (χ4v) is 2.44. The van der Waals surface area contributed by atoms with E-state index in [1.54, 1.807) is 0 Å². The summed E-state index contributed by atoms with van der Waals surface area (Å²) in [6.07, 6.45) is 0. The quantitative estimate of drug-likeness (QED) is 0.714. The van der Waals surface area contributed by atoms with Gasteiger partial charge in [0.2, 0.25) is 0 Å². The molecule has 0 unspecified atom stereocenters. The molecule has 0 spiro atoms. The fraction of sp³-hybridized carbons (Fsp3) is 0.312. The first-order chi connectivity index (χ1) is 8.88. The number of aromatic nitrogens is 1. The zero-order chi connectivity index (χ0) is 14.2. The fourth-order valence-electron chi connectivity index (χ4n) is 2.21. The molecule has 1 aromatic heterocycles. The van der Waals surface area contributed by atoms with Crippen molar-refractivity contribution in [2.45, 2.75) is 34.6 Å². The smallest absolute Gasteiger partial charge is 0.135 e. The number of aryl methyl sites for hydroxylation is 4. The van der Waals surface area contributed by atoms with Crippen molar-refractivity contribution in [2.24, 2.45) is 0 Å². The van der Waals surface area contributed by atoms with Crippen LogP contribution in [0.25, 0.3) is 0 Å². The number of halogens is 1. The van der Waals surface area contributed by atoms with E-state index in [1.165, 1.54) is 5.56 Å². The number of rotatable bonds is 2. The summed E-state index contributed by atoms with van der Waals surface area (Å²) >= 11 is 6.10. The Morgan fingerprint density at radius 2 is 1.53 bits per heavy atom. The topological polar surface area (TPSA) is 22.1 Å². The van der Waals surface area contributed by atoms with Gasteiger partial charge >= 0.3 is 0 Å². The lowest BCUT2D eigenvalue weighted by molar-refractivity contribution is 0.470. The van der Waals surface area contributed by atoms with Crippen molar-refractivity contribution in [1.29, 1.82) is 0 Å². The summed E-state index contributed by atoms with van der Waals surface area (Å²) in [4.78, 5) is 4.22. The molecule has 0 amide bonds. The van der Waals surface area contributed by atoms with E-state index in [9.17, 15) is 0 Å². The molecule has 0 saturated heterocycles. The van der Waals surface area contributed by atoms with E-state index in [1.807, 2.05) is 19.9 Å². The van der Waals surface area contributed by atoms with Crippen LogP contribution in [-0.2, 0) is 0 Å². The predicted octanol–water partition coefficient (Wildman–Crippen LogP) is 5.07. The van der Waals surface area contributed by atoms with Crippen LogP contribution in [0.1, 0.15) is 27.9 Å². The minimum Gasteiger partial charge on any atom is -0.456 e. The lowest BCUT2D eigenvalue weighted by Gasteiger charge is -2.15. The van der Waals surface area contributed by atoms with Crippen LogP contribution < -0.4 is 4.74 Å². The van der Waals surface area contributed by atoms with Crippen molar-refractivity contribution >= 4 is 11.6 Å². The molecular weight excluding hydrogens is 258 g/mol. The highest BCUT2D eigenvalue weighted by Crippen LogP contribution is 2.33. The molecule has 0 atom stereocenters. The Morgan fingerprint density at radius 3 is 2.11 bits per heavy atom. The van der Waals surface area contributed by atoms with Crippen molar-refractivity contribution in [3.8, 4) is 11.5 Å². The molecule has 1 heterocycles. The molecule has 2 rings (SSSR count). The third kappa shape index (κ3) is 2.90. The largest absolute Gasteiger partial charge is 0.456 e. The van der Waals surface area contributed by atoms with Gasteiger partial charge in [0.1, 0.15) is 16.7 Å². The lowest BCUT2D eigenvalue weighted by atomic mass is 10.1. The first-order valence-electron chi connectivity index (χ1n) is 6.28. The molecule has 0 saturated carbocycles. The van der Waals surface area contributed by atoms with E-state index in [4.69, 9.17) is 16.3 Å². The highest BCUT2D eigenvalue weighted by Gasteiger charge is 2.11. The lowest BCUT2D eigenvalue weighted by Crippen LogP contribution is -1.96. The molecule has 0 radical (unpaired) electrons. The van der Waals surface area contributed by atoms with Crippen LogP contribution >= 0.6 is 11.6 Å². The maximum Gasteiger partial charge on any atom is 0.135 e. The Bertz CT molecular complexity index is 612. The van der Waals surface area contributed by atoms with Crippen molar-refractivity contribution < 1.29 is 4.74 Å². The predicted molar refractivity (Wildman–Crippen MR) is 79.4 cm³/mol. The van der Waals surface area contributed by atoms with Gasteiger partial charge < -0.3 is 4.74 Å². The van der Waals surface area contributed by atoms with Crippen LogP contribution in [0.2, 0.25) is 5.15 Å². The Morgan fingerprint density at radius 1 is 0.947 bits per heavy atom. The van der Waals surface area contributed by atoms with Crippen LogP contribution in [0.4, 0.5) is 0 Å². The molecule has 2 nitrogen and oxygen atoms in total. The van der Waals surface area contributed by atoms with Crippen molar-refractivity contribution in [3.05, 3.63) is 51.3 Å². The Balaban J connectivity index is 2.48. The maximum absolute atomic E-state index is 6.10. The van der Waals surface area contributed by atoms with E-state index in [-0.39, 0.29) is 0 Å². The van der Waals surface area contributed by atoms with Gasteiger partial charge in [-0.2, -0.15) is 0 Å². The summed E-state index contributed by atoms with van der Waals surface area (Å²) in [6, 6.07) is 6.15. The van der Waals surface area contributed by atoms with Crippen LogP contribution in [0.15, 0.2) is 18.2 Å². The summed E-state index contributed by atoms with van der Waals surface area (Å²) in [5.74, 6) is 1.67. The van der Waals surface area contributed by atoms with E-state index < -0.39 is 0 Å². The third-order valence-electron chi connectivity index (χ3n) is 3.11. The average molecular weight is 276 g/mol. The zero-order valence-electron chi connectivity index (χ0n) is 12.0. The molecule has 100 valence electrons. The van der Waals surface area contributed by atoms with Gasteiger partial charge in [0.15, 0.2) is 0 Å². The third-order valence-corrected chi connectivity index (χ3v) is 3.48. The van der Waals surface area contributed by atoms with E-state index in [0.29, 0.717) is 5.15 Å². The second-order valence-electron chi connectivity index (χ2n) is 5.01. The van der Waals surface area contributed by atoms with Gasteiger partial charge in [-0.1, -0.05) is 29.3 Å². The van der Waals surface area contributed by atoms with E-state index >= 15 is 0 Å². The monoisotopic (exact) mass is 275 g/mol. The molecule has 0 aliphatic carbocycles. The normalized spacial score (nSPS) is 10.6. The van der Waals surface area contributed by atoms with Crippen molar-refractivity contribution in [2.75, 3.05) is 0 Å². The molecule has 2 aromatic rings. The van der Waals surface area contributed by atoms with Gasteiger partial charge in [0.25, 0.3) is 0 Å². The molecule has 0 N–H and O–H groups in total. The maximum atomic E-state index is 6.10. The summed E-state index contributed by atoms with van der Waals surface area (Å²) in [5, 5.41) is 0.498. The van der Waals surface area contributed by atoms with Crippen LogP contribution in [0.5, 0.6) is 11.5 Å². The molecule has 0 fully saturated rings. The van der Waals surface area contributed by atoms with Crippen LogP contribution in [0, 0.1) is 34.6 Å². The van der Waals surface area contributed by atoms with Crippen LogP contribution in [0.3, 0.4) is 0 Å². The zero-order valence-corrected chi connectivity index (χ0v) is 12.7. The minimum absolute atomic E-state index is 0.498. The minimum atomic E-state index is 0.498. The second-order valence-corrected chi connectivity index (χ2v) is 5.37. The molecular formula is C16H18ClNO. The first-order valence-corrected chi connectivity index (χ1v) is 6.65. The highest BCUT2D eigenvalue weighted by atomic mass is 35.5. The number of hydrogen-bond acceptors (Lipinski definition) is 2. The van der Waals surface area contributed by atoms with Crippen LogP contribution in [-0.4, -0.2) is 4.98 Å². The second kappa shape index (κ2) is 5.22. The van der Waals surface area contributed by atoms with Gasteiger partial charge in [-0.3, -0.25) is 0 Å². The van der Waals surface area contributed by atoms with Gasteiger partial charge in [0, 0.05) is 17.3 Å². The molecule has 19 heavy (non-hydrogen) atoms.